The van der Waals surface area contributed by atoms with Crippen LogP contribution < -0.4 is 5.73 Å². The average Bonchev–Trinajstić information content (AvgIpc) is 2.92. The van der Waals surface area contributed by atoms with Crippen molar-refractivity contribution in [1.82, 2.24) is 14.8 Å². The Labute approximate surface area is 120 Å². The molecule has 2 aromatic rings. The second kappa shape index (κ2) is 5.01. The molecule has 0 spiro atoms. The number of fused-ring (bicyclic) bond motifs is 1. The van der Waals surface area contributed by atoms with Gasteiger partial charge in [0.25, 0.3) is 5.91 Å². The lowest BCUT2D eigenvalue weighted by Crippen LogP contribution is -2.50. The van der Waals surface area contributed by atoms with Gasteiger partial charge in [-0.05, 0) is 12.1 Å². The van der Waals surface area contributed by atoms with Crippen LogP contribution in [0.5, 0.6) is 0 Å². The number of amides is 2. The smallest absolute Gasteiger partial charge is 0.407 e. The van der Waals surface area contributed by atoms with Gasteiger partial charge in [-0.3, -0.25) is 4.79 Å². The maximum absolute atomic E-state index is 12.4. The summed E-state index contributed by atoms with van der Waals surface area (Å²) in [6.45, 7) is 1.47. The summed E-state index contributed by atoms with van der Waals surface area (Å²) < 4.78 is 0. The van der Waals surface area contributed by atoms with Crippen molar-refractivity contribution in [1.29, 1.82) is 0 Å². The fourth-order valence-corrected chi connectivity index (χ4v) is 2.57. The molecule has 0 atom stereocenters. The third-order valence-electron chi connectivity index (χ3n) is 3.76. The molecule has 7 heteroatoms. The standard InChI is InChI=1S/C14H16N4O3/c15-10-3-1-2-9-8-11(16-12(9)10)13(19)17-4-6-18(7-5-17)14(20)21/h1-3,8,16H,4-7,15H2,(H,20,21). The molecular weight excluding hydrogens is 272 g/mol. The fraction of sp³-hybridized carbons (Fsp3) is 0.286. The number of H-pyrrole nitrogens is 1. The van der Waals surface area contributed by atoms with Gasteiger partial charge in [0.2, 0.25) is 0 Å². The number of carboxylic acid groups (broad SMARTS) is 1. The summed E-state index contributed by atoms with van der Waals surface area (Å²) in [6, 6.07) is 7.28. The zero-order valence-electron chi connectivity index (χ0n) is 11.4. The number of anilines is 1. The van der Waals surface area contributed by atoms with E-state index >= 15 is 0 Å². The van der Waals surface area contributed by atoms with Crippen LogP contribution in [0.25, 0.3) is 10.9 Å². The van der Waals surface area contributed by atoms with Crippen LogP contribution in [0.4, 0.5) is 10.5 Å². The number of benzene rings is 1. The van der Waals surface area contributed by atoms with E-state index in [2.05, 4.69) is 4.98 Å². The third kappa shape index (κ3) is 2.37. The Morgan fingerprint density at radius 3 is 2.43 bits per heavy atom. The number of nitrogen functional groups attached to an aromatic ring is 1. The number of hydrogen-bond acceptors (Lipinski definition) is 3. The van der Waals surface area contributed by atoms with Crippen LogP contribution in [0.15, 0.2) is 24.3 Å². The monoisotopic (exact) mass is 288 g/mol. The minimum Gasteiger partial charge on any atom is -0.465 e. The predicted molar refractivity (Wildman–Crippen MR) is 78.2 cm³/mol. The first-order valence-corrected chi connectivity index (χ1v) is 6.70. The Hall–Kier alpha value is -2.70. The molecule has 2 amide bonds. The molecule has 1 aromatic heterocycles. The molecule has 0 radical (unpaired) electrons. The van der Waals surface area contributed by atoms with Crippen LogP contribution in [-0.2, 0) is 0 Å². The minimum absolute atomic E-state index is 0.129. The van der Waals surface area contributed by atoms with E-state index in [4.69, 9.17) is 10.8 Å². The van der Waals surface area contributed by atoms with E-state index in [9.17, 15) is 9.59 Å². The number of nitrogens with two attached hydrogens (primary N) is 1. The van der Waals surface area contributed by atoms with Gasteiger partial charge in [0.15, 0.2) is 0 Å². The lowest BCUT2D eigenvalue weighted by atomic mass is 10.2. The van der Waals surface area contributed by atoms with Crippen LogP contribution >= 0.6 is 0 Å². The van der Waals surface area contributed by atoms with E-state index in [1.165, 1.54) is 4.90 Å². The lowest BCUT2D eigenvalue weighted by Gasteiger charge is -2.32. The van der Waals surface area contributed by atoms with Crippen molar-refractivity contribution in [3.05, 3.63) is 30.0 Å². The number of piperazine rings is 1. The number of rotatable bonds is 1. The summed E-state index contributed by atoms with van der Waals surface area (Å²) in [7, 11) is 0. The first-order valence-electron chi connectivity index (χ1n) is 6.70. The van der Waals surface area contributed by atoms with Crippen molar-refractivity contribution in [2.45, 2.75) is 0 Å². The number of aromatic nitrogens is 1. The molecule has 0 unspecified atom stereocenters. The van der Waals surface area contributed by atoms with Crippen molar-refractivity contribution < 1.29 is 14.7 Å². The molecular formula is C14H16N4O3. The molecule has 110 valence electrons. The number of carbonyl (C=O) groups is 2. The molecule has 1 aromatic carbocycles. The topological polar surface area (TPSA) is 103 Å². The number of aromatic amines is 1. The average molecular weight is 288 g/mol. The first-order chi connectivity index (χ1) is 10.1. The van der Waals surface area contributed by atoms with E-state index in [1.807, 2.05) is 12.1 Å². The predicted octanol–water partition coefficient (Wildman–Crippen LogP) is 1.19. The van der Waals surface area contributed by atoms with E-state index in [0.717, 1.165) is 10.9 Å². The van der Waals surface area contributed by atoms with E-state index in [0.29, 0.717) is 37.6 Å². The summed E-state index contributed by atoms with van der Waals surface area (Å²) in [5.74, 6) is -0.129. The summed E-state index contributed by atoms with van der Waals surface area (Å²) in [5, 5.41) is 9.80. The quantitative estimate of drug-likeness (QED) is 0.686. The van der Waals surface area contributed by atoms with Gasteiger partial charge in [-0.15, -0.1) is 0 Å². The van der Waals surface area contributed by atoms with Crippen LogP contribution in [0.3, 0.4) is 0 Å². The molecule has 1 fully saturated rings. The van der Waals surface area contributed by atoms with Gasteiger partial charge in [-0.2, -0.15) is 0 Å². The summed E-state index contributed by atoms with van der Waals surface area (Å²) >= 11 is 0. The molecule has 0 aliphatic carbocycles. The van der Waals surface area contributed by atoms with Crippen LogP contribution in [0.1, 0.15) is 10.5 Å². The summed E-state index contributed by atoms with van der Waals surface area (Å²) in [6.07, 6.45) is -0.944. The van der Waals surface area contributed by atoms with Crippen molar-refractivity contribution in [2.75, 3.05) is 31.9 Å². The van der Waals surface area contributed by atoms with Gasteiger partial charge in [0.1, 0.15) is 5.69 Å². The van der Waals surface area contributed by atoms with E-state index < -0.39 is 6.09 Å². The summed E-state index contributed by atoms with van der Waals surface area (Å²) in [5.41, 5.74) is 7.70. The van der Waals surface area contributed by atoms with Crippen molar-refractivity contribution >= 4 is 28.6 Å². The molecule has 21 heavy (non-hydrogen) atoms. The van der Waals surface area contributed by atoms with E-state index in [1.54, 1.807) is 17.0 Å². The fourth-order valence-electron chi connectivity index (χ4n) is 2.57. The second-order valence-electron chi connectivity index (χ2n) is 5.06. The van der Waals surface area contributed by atoms with Gasteiger partial charge in [-0.25, -0.2) is 4.79 Å². The largest absolute Gasteiger partial charge is 0.465 e. The number of carbonyl (C=O) groups excluding carboxylic acids is 1. The number of para-hydroxylation sites is 1. The third-order valence-corrected chi connectivity index (χ3v) is 3.76. The van der Waals surface area contributed by atoms with Crippen molar-refractivity contribution in [3.63, 3.8) is 0 Å². The normalized spacial score (nSPS) is 15.4. The van der Waals surface area contributed by atoms with Crippen molar-refractivity contribution in [2.24, 2.45) is 0 Å². The molecule has 0 saturated carbocycles. The molecule has 3 rings (SSSR count). The Bertz CT molecular complexity index is 701. The Balaban J connectivity index is 1.78. The molecule has 1 saturated heterocycles. The zero-order chi connectivity index (χ0) is 15.0. The number of nitrogens with one attached hydrogen (secondary N) is 1. The van der Waals surface area contributed by atoms with E-state index in [-0.39, 0.29) is 5.91 Å². The van der Waals surface area contributed by atoms with Gasteiger partial charge in [0, 0.05) is 31.6 Å². The second-order valence-corrected chi connectivity index (χ2v) is 5.06. The van der Waals surface area contributed by atoms with Crippen LogP contribution in [0.2, 0.25) is 0 Å². The zero-order valence-corrected chi connectivity index (χ0v) is 11.4. The molecule has 4 N–H and O–H groups in total. The summed E-state index contributed by atoms with van der Waals surface area (Å²) in [4.78, 5) is 29.3. The van der Waals surface area contributed by atoms with Gasteiger partial charge >= 0.3 is 6.09 Å². The molecule has 1 aliphatic rings. The highest BCUT2D eigenvalue weighted by molar-refractivity contribution is 6.00. The lowest BCUT2D eigenvalue weighted by molar-refractivity contribution is 0.0620. The molecule has 0 bridgehead atoms. The maximum Gasteiger partial charge on any atom is 0.407 e. The molecule has 1 aliphatic heterocycles. The van der Waals surface area contributed by atoms with Gasteiger partial charge in [0.05, 0.1) is 11.2 Å². The number of nitrogens with zero attached hydrogens (tertiary/aromatic N) is 2. The first kappa shape index (κ1) is 13.3. The minimum atomic E-state index is -0.944. The molecule has 2 heterocycles. The van der Waals surface area contributed by atoms with Gasteiger partial charge in [-0.1, -0.05) is 12.1 Å². The highest BCUT2D eigenvalue weighted by atomic mass is 16.4. The Morgan fingerprint density at radius 2 is 1.81 bits per heavy atom. The van der Waals surface area contributed by atoms with Crippen LogP contribution in [-0.4, -0.2) is 58.1 Å². The molecule has 7 nitrogen and oxygen atoms in total. The van der Waals surface area contributed by atoms with Crippen LogP contribution in [0, 0.1) is 0 Å². The Morgan fingerprint density at radius 1 is 1.14 bits per heavy atom. The number of hydrogen-bond donors (Lipinski definition) is 3. The highest BCUT2D eigenvalue weighted by Crippen LogP contribution is 2.22. The van der Waals surface area contributed by atoms with Crippen molar-refractivity contribution in [3.8, 4) is 0 Å². The maximum atomic E-state index is 12.4. The Kier molecular flexibility index (Phi) is 3.17. The van der Waals surface area contributed by atoms with Gasteiger partial charge < -0.3 is 25.6 Å². The highest BCUT2D eigenvalue weighted by Gasteiger charge is 2.25. The SMILES string of the molecule is Nc1cccc2cc(C(=O)N3CCN(C(=O)O)CC3)[nH]c12.